The molecule has 0 radical (unpaired) electrons. The molecule has 0 fully saturated rings. The van der Waals surface area contributed by atoms with Gasteiger partial charge in [0.2, 0.25) is 0 Å². The average Bonchev–Trinajstić information content (AvgIpc) is 2.77. The number of aryl methyl sites for hydroxylation is 1. The zero-order valence-corrected chi connectivity index (χ0v) is 12.4. The van der Waals surface area contributed by atoms with Gasteiger partial charge in [0.05, 0.1) is 11.0 Å². The molecule has 3 rings (SSSR count). The van der Waals surface area contributed by atoms with Crippen molar-refractivity contribution in [3.63, 3.8) is 0 Å². The lowest BCUT2D eigenvalue weighted by atomic mass is 10.2. The number of nitrogens with zero attached hydrogens (tertiary/aromatic N) is 2. The predicted octanol–water partition coefficient (Wildman–Crippen LogP) is 4.49. The highest BCUT2D eigenvalue weighted by molar-refractivity contribution is 6.31. The maximum Gasteiger partial charge on any atom is 0.141 e. The van der Waals surface area contributed by atoms with Crippen LogP contribution in [0.15, 0.2) is 36.4 Å². The first kappa shape index (κ1) is 13.9. The van der Waals surface area contributed by atoms with Crippen LogP contribution in [0.3, 0.4) is 0 Å². The van der Waals surface area contributed by atoms with Crippen LogP contribution in [0.25, 0.3) is 22.4 Å². The molecule has 1 aromatic heterocycles. The molecule has 2 aromatic carbocycles. The summed E-state index contributed by atoms with van der Waals surface area (Å²) in [6, 6.07) is 9.96. The molecule has 21 heavy (non-hydrogen) atoms. The van der Waals surface area contributed by atoms with Crippen LogP contribution < -0.4 is 5.73 Å². The van der Waals surface area contributed by atoms with Gasteiger partial charge in [0.15, 0.2) is 0 Å². The molecule has 0 amide bonds. The van der Waals surface area contributed by atoms with Crippen molar-refractivity contribution >= 4 is 28.3 Å². The molecule has 2 N–H and O–H groups in total. The number of imidazole rings is 1. The van der Waals surface area contributed by atoms with Gasteiger partial charge >= 0.3 is 0 Å². The van der Waals surface area contributed by atoms with Gasteiger partial charge in [-0.05, 0) is 42.8 Å². The van der Waals surface area contributed by atoms with Crippen LogP contribution in [0.5, 0.6) is 0 Å². The van der Waals surface area contributed by atoms with Crippen molar-refractivity contribution in [1.82, 2.24) is 9.55 Å². The van der Waals surface area contributed by atoms with Crippen molar-refractivity contribution in [3.05, 3.63) is 47.2 Å². The normalized spacial score (nSPS) is 11.2. The Hall–Kier alpha value is -2.07. The zero-order valence-electron chi connectivity index (χ0n) is 11.6. The Morgan fingerprint density at radius 2 is 2.05 bits per heavy atom. The summed E-state index contributed by atoms with van der Waals surface area (Å²) in [4.78, 5) is 4.61. The topological polar surface area (TPSA) is 43.8 Å². The Morgan fingerprint density at radius 3 is 2.76 bits per heavy atom. The molecule has 0 bridgehead atoms. The molecule has 0 aliphatic rings. The number of hydrogen-bond acceptors (Lipinski definition) is 2. The van der Waals surface area contributed by atoms with Crippen molar-refractivity contribution < 1.29 is 4.39 Å². The van der Waals surface area contributed by atoms with E-state index in [1.165, 1.54) is 12.1 Å². The van der Waals surface area contributed by atoms with Crippen LogP contribution in [0.2, 0.25) is 5.02 Å². The standard InChI is InChI=1S/C16H15ClFN3/c1-2-5-21-15-9-12(18)3-4-14(15)20-16(21)10-6-11(17)8-13(19)7-10/h3-4,6-9H,2,5,19H2,1H3. The maximum atomic E-state index is 13.5. The lowest BCUT2D eigenvalue weighted by Crippen LogP contribution is -2.00. The van der Waals surface area contributed by atoms with Crippen molar-refractivity contribution in [1.29, 1.82) is 0 Å². The first-order chi connectivity index (χ1) is 10.1. The number of aromatic nitrogens is 2. The predicted molar refractivity (Wildman–Crippen MR) is 84.8 cm³/mol. The average molecular weight is 304 g/mol. The molecule has 0 saturated carbocycles. The number of halogens is 2. The minimum absolute atomic E-state index is 0.267. The fourth-order valence-corrected chi connectivity index (χ4v) is 2.75. The number of nitrogens with two attached hydrogens (primary N) is 1. The number of benzene rings is 2. The summed E-state index contributed by atoms with van der Waals surface area (Å²) in [5.41, 5.74) is 8.82. The molecule has 0 unspecified atom stereocenters. The van der Waals surface area contributed by atoms with E-state index >= 15 is 0 Å². The summed E-state index contributed by atoms with van der Waals surface area (Å²) >= 11 is 6.08. The van der Waals surface area contributed by atoms with Crippen LogP contribution in [0.1, 0.15) is 13.3 Å². The van der Waals surface area contributed by atoms with E-state index in [0.717, 1.165) is 35.4 Å². The van der Waals surface area contributed by atoms with Crippen molar-refractivity contribution in [2.45, 2.75) is 19.9 Å². The number of anilines is 1. The Kier molecular flexibility index (Phi) is 3.55. The Morgan fingerprint density at radius 1 is 1.24 bits per heavy atom. The van der Waals surface area contributed by atoms with Crippen LogP contribution in [-0.2, 0) is 6.54 Å². The van der Waals surface area contributed by atoms with Gasteiger partial charge in [0, 0.05) is 22.8 Å². The minimum Gasteiger partial charge on any atom is -0.399 e. The van der Waals surface area contributed by atoms with Gasteiger partial charge in [0.25, 0.3) is 0 Å². The maximum absolute atomic E-state index is 13.5. The molecule has 108 valence electrons. The van der Waals surface area contributed by atoms with E-state index in [0.29, 0.717) is 10.7 Å². The fraction of sp³-hybridized carbons (Fsp3) is 0.188. The summed E-state index contributed by atoms with van der Waals surface area (Å²) < 4.78 is 15.5. The van der Waals surface area contributed by atoms with E-state index in [-0.39, 0.29) is 5.82 Å². The number of hydrogen-bond donors (Lipinski definition) is 1. The van der Waals surface area contributed by atoms with Crippen molar-refractivity contribution in [2.24, 2.45) is 0 Å². The first-order valence-electron chi connectivity index (χ1n) is 6.80. The highest BCUT2D eigenvalue weighted by Crippen LogP contribution is 2.29. The highest BCUT2D eigenvalue weighted by Gasteiger charge is 2.13. The third-order valence-electron chi connectivity index (χ3n) is 3.34. The molecule has 0 aliphatic carbocycles. The van der Waals surface area contributed by atoms with Gasteiger partial charge < -0.3 is 10.3 Å². The molecular weight excluding hydrogens is 289 g/mol. The second-order valence-electron chi connectivity index (χ2n) is 4.99. The lowest BCUT2D eigenvalue weighted by molar-refractivity contribution is 0.627. The number of rotatable bonds is 3. The van der Waals surface area contributed by atoms with E-state index < -0.39 is 0 Å². The summed E-state index contributed by atoms with van der Waals surface area (Å²) in [6.45, 7) is 2.82. The number of fused-ring (bicyclic) bond motifs is 1. The Balaban J connectivity index is 2.27. The summed E-state index contributed by atoms with van der Waals surface area (Å²) in [7, 11) is 0. The smallest absolute Gasteiger partial charge is 0.141 e. The molecule has 3 aromatic rings. The van der Waals surface area contributed by atoms with Crippen LogP contribution in [0.4, 0.5) is 10.1 Å². The third-order valence-corrected chi connectivity index (χ3v) is 3.55. The summed E-state index contributed by atoms with van der Waals surface area (Å²) in [5.74, 6) is 0.489. The molecule has 0 atom stereocenters. The molecule has 0 saturated heterocycles. The fourth-order valence-electron chi connectivity index (χ4n) is 2.51. The third kappa shape index (κ3) is 2.59. The zero-order chi connectivity index (χ0) is 15.0. The van der Waals surface area contributed by atoms with E-state index in [1.54, 1.807) is 12.1 Å². The number of nitrogen functional groups attached to an aromatic ring is 1. The second-order valence-corrected chi connectivity index (χ2v) is 5.43. The van der Waals surface area contributed by atoms with Gasteiger partial charge in [-0.2, -0.15) is 0 Å². The van der Waals surface area contributed by atoms with E-state index in [1.807, 2.05) is 16.7 Å². The second kappa shape index (κ2) is 5.37. The van der Waals surface area contributed by atoms with E-state index in [9.17, 15) is 4.39 Å². The Bertz CT molecular complexity index is 790. The van der Waals surface area contributed by atoms with Crippen LogP contribution in [0, 0.1) is 5.82 Å². The lowest BCUT2D eigenvalue weighted by Gasteiger charge is -2.09. The minimum atomic E-state index is -0.267. The summed E-state index contributed by atoms with van der Waals surface area (Å²) in [6.07, 6.45) is 0.922. The quantitative estimate of drug-likeness (QED) is 0.725. The van der Waals surface area contributed by atoms with Crippen LogP contribution >= 0.6 is 11.6 Å². The molecule has 3 nitrogen and oxygen atoms in total. The molecule has 1 heterocycles. The Labute approximate surface area is 127 Å². The molecule has 0 spiro atoms. The largest absolute Gasteiger partial charge is 0.399 e. The summed E-state index contributed by atoms with van der Waals surface area (Å²) in [5, 5.41) is 0.561. The van der Waals surface area contributed by atoms with Gasteiger partial charge in [-0.15, -0.1) is 0 Å². The monoisotopic (exact) mass is 303 g/mol. The molecular formula is C16H15ClFN3. The van der Waals surface area contributed by atoms with Crippen molar-refractivity contribution in [3.8, 4) is 11.4 Å². The van der Waals surface area contributed by atoms with Gasteiger partial charge in [-0.1, -0.05) is 18.5 Å². The van der Waals surface area contributed by atoms with Crippen LogP contribution in [-0.4, -0.2) is 9.55 Å². The van der Waals surface area contributed by atoms with Gasteiger partial charge in [-0.3, -0.25) is 0 Å². The highest BCUT2D eigenvalue weighted by atomic mass is 35.5. The van der Waals surface area contributed by atoms with Crippen molar-refractivity contribution in [2.75, 3.05) is 5.73 Å². The van der Waals surface area contributed by atoms with E-state index in [4.69, 9.17) is 17.3 Å². The molecule has 0 aliphatic heterocycles. The van der Waals surface area contributed by atoms with E-state index in [2.05, 4.69) is 11.9 Å². The SMILES string of the molecule is CCCn1c(-c2cc(N)cc(Cl)c2)nc2ccc(F)cc21. The first-order valence-corrected chi connectivity index (χ1v) is 7.18. The molecule has 5 heteroatoms. The van der Waals surface area contributed by atoms with Gasteiger partial charge in [0.1, 0.15) is 11.6 Å². The van der Waals surface area contributed by atoms with Gasteiger partial charge in [-0.25, -0.2) is 9.37 Å².